The number of aliphatic hydroxyl groups is 1. The number of likely N-dealkylation sites (tertiary alicyclic amines) is 1. The van der Waals surface area contributed by atoms with Crippen molar-refractivity contribution in [3.63, 3.8) is 0 Å². The molecule has 1 saturated heterocycles. The fourth-order valence-electron chi connectivity index (χ4n) is 2.63. The molecule has 0 amide bonds. The molecular formula is C15H23FN2O. The molecule has 0 radical (unpaired) electrons. The number of nitrogens with zero attached hydrogens (tertiary/aromatic N) is 2. The van der Waals surface area contributed by atoms with Crippen molar-refractivity contribution in [1.29, 1.82) is 0 Å². The minimum Gasteiger partial charge on any atom is -0.389 e. The van der Waals surface area contributed by atoms with Gasteiger partial charge in [-0.2, -0.15) is 0 Å². The van der Waals surface area contributed by atoms with Crippen molar-refractivity contribution < 1.29 is 9.50 Å². The lowest BCUT2D eigenvalue weighted by atomic mass is 10.1. The van der Waals surface area contributed by atoms with E-state index in [1.165, 1.54) is 38.1 Å². The summed E-state index contributed by atoms with van der Waals surface area (Å²) in [5, 5.41) is 9.75. The summed E-state index contributed by atoms with van der Waals surface area (Å²) in [6.45, 7) is 5.95. The molecule has 2 rings (SSSR count). The van der Waals surface area contributed by atoms with Crippen LogP contribution in [0.3, 0.4) is 0 Å². The van der Waals surface area contributed by atoms with E-state index in [2.05, 4.69) is 9.80 Å². The van der Waals surface area contributed by atoms with Crippen molar-refractivity contribution in [2.24, 2.45) is 0 Å². The topological polar surface area (TPSA) is 26.7 Å². The molecule has 106 valence electrons. The van der Waals surface area contributed by atoms with Gasteiger partial charge in [0.15, 0.2) is 0 Å². The second-order valence-electron chi connectivity index (χ2n) is 5.35. The fourth-order valence-corrected chi connectivity index (χ4v) is 2.63. The van der Waals surface area contributed by atoms with E-state index in [4.69, 9.17) is 0 Å². The van der Waals surface area contributed by atoms with Crippen LogP contribution in [-0.4, -0.2) is 43.2 Å². The van der Waals surface area contributed by atoms with Gasteiger partial charge in [0.25, 0.3) is 0 Å². The van der Waals surface area contributed by atoms with Gasteiger partial charge in [-0.1, -0.05) is 0 Å². The van der Waals surface area contributed by atoms with E-state index >= 15 is 0 Å². The standard InChI is InChI=1S/C15H23FN2O/c1-12(19)14-11-13(16)5-6-15(14)17(2)9-10-18-7-3-4-8-18/h5-6,11-12,19H,3-4,7-10H2,1-2H3/t12-/m1/s1. The molecule has 0 aliphatic carbocycles. The Morgan fingerprint density at radius 3 is 2.68 bits per heavy atom. The largest absolute Gasteiger partial charge is 0.389 e. The molecular weight excluding hydrogens is 243 g/mol. The van der Waals surface area contributed by atoms with E-state index in [0.717, 1.165) is 18.8 Å². The smallest absolute Gasteiger partial charge is 0.123 e. The van der Waals surface area contributed by atoms with E-state index in [-0.39, 0.29) is 5.82 Å². The Morgan fingerprint density at radius 2 is 2.05 bits per heavy atom. The van der Waals surface area contributed by atoms with Crippen LogP contribution in [0.4, 0.5) is 10.1 Å². The summed E-state index contributed by atoms with van der Waals surface area (Å²) in [7, 11) is 2.00. The normalized spacial score (nSPS) is 17.7. The van der Waals surface area contributed by atoms with E-state index in [0.29, 0.717) is 5.56 Å². The third kappa shape index (κ3) is 3.67. The van der Waals surface area contributed by atoms with Gasteiger partial charge in [-0.15, -0.1) is 0 Å². The van der Waals surface area contributed by atoms with Crippen molar-refractivity contribution in [2.45, 2.75) is 25.9 Å². The zero-order chi connectivity index (χ0) is 13.8. The summed E-state index contributed by atoms with van der Waals surface area (Å²) in [4.78, 5) is 4.54. The molecule has 19 heavy (non-hydrogen) atoms. The maximum Gasteiger partial charge on any atom is 0.123 e. The van der Waals surface area contributed by atoms with Crippen LogP contribution >= 0.6 is 0 Å². The number of likely N-dealkylation sites (N-methyl/N-ethyl adjacent to an activating group) is 1. The quantitative estimate of drug-likeness (QED) is 0.886. The van der Waals surface area contributed by atoms with Gasteiger partial charge in [-0.3, -0.25) is 0 Å². The summed E-state index contributed by atoms with van der Waals surface area (Å²) < 4.78 is 13.3. The number of anilines is 1. The average Bonchev–Trinajstić information content (AvgIpc) is 2.88. The number of halogens is 1. The Morgan fingerprint density at radius 1 is 1.37 bits per heavy atom. The molecule has 0 spiro atoms. The minimum absolute atomic E-state index is 0.299. The number of hydrogen-bond acceptors (Lipinski definition) is 3. The molecule has 3 nitrogen and oxygen atoms in total. The molecule has 1 fully saturated rings. The lowest BCUT2D eigenvalue weighted by Gasteiger charge is -2.26. The van der Waals surface area contributed by atoms with Gasteiger partial charge in [0.1, 0.15) is 5.82 Å². The van der Waals surface area contributed by atoms with Crippen LogP contribution in [-0.2, 0) is 0 Å². The van der Waals surface area contributed by atoms with Crippen LogP contribution in [0.1, 0.15) is 31.4 Å². The van der Waals surface area contributed by atoms with Gasteiger partial charge < -0.3 is 14.9 Å². The highest BCUT2D eigenvalue weighted by atomic mass is 19.1. The van der Waals surface area contributed by atoms with E-state index in [9.17, 15) is 9.50 Å². The van der Waals surface area contributed by atoms with Gasteiger partial charge in [-0.05, 0) is 51.1 Å². The molecule has 0 bridgehead atoms. The number of benzene rings is 1. The second kappa shape index (κ2) is 6.35. The Labute approximate surface area is 114 Å². The second-order valence-corrected chi connectivity index (χ2v) is 5.35. The highest BCUT2D eigenvalue weighted by molar-refractivity contribution is 5.54. The zero-order valence-electron chi connectivity index (χ0n) is 11.8. The highest BCUT2D eigenvalue weighted by Crippen LogP contribution is 2.26. The first-order chi connectivity index (χ1) is 9.08. The van der Waals surface area contributed by atoms with Crippen LogP contribution in [0.15, 0.2) is 18.2 Å². The van der Waals surface area contributed by atoms with E-state index < -0.39 is 6.10 Å². The molecule has 1 heterocycles. The van der Waals surface area contributed by atoms with Crippen molar-refractivity contribution in [3.8, 4) is 0 Å². The first-order valence-electron chi connectivity index (χ1n) is 6.99. The van der Waals surface area contributed by atoms with Crippen LogP contribution in [0.25, 0.3) is 0 Å². The Bertz CT molecular complexity index is 417. The molecule has 0 unspecified atom stereocenters. The Kier molecular flexibility index (Phi) is 4.77. The molecule has 1 N–H and O–H groups in total. The molecule has 1 aliphatic rings. The summed E-state index contributed by atoms with van der Waals surface area (Å²) in [6, 6.07) is 4.63. The maximum absolute atomic E-state index is 13.3. The van der Waals surface area contributed by atoms with Gasteiger partial charge in [0.05, 0.1) is 6.10 Å². The zero-order valence-corrected chi connectivity index (χ0v) is 11.8. The summed E-state index contributed by atoms with van der Waals surface area (Å²) in [5.41, 5.74) is 1.57. The lowest BCUT2D eigenvalue weighted by molar-refractivity contribution is 0.199. The van der Waals surface area contributed by atoms with Crippen LogP contribution in [0, 0.1) is 5.82 Å². The molecule has 4 heteroatoms. The molecule has 1 aromatic carbocycles. The third-order valence-electron chi connectivity index (χ3n) is 3.80. The first kappa shape index (κ1) is 14.3. The summed E-state index contributed by atoms with van der Waals surface area (Å²) in [6.07, 6.45) is 1.93. The van der Waals surface area contributed by atoms with Gasteiger partial charge >= 0.3 is 0 Å². The van der Waals surface area contributed by atoms with Crippen molar-refractivity contribution >= 4 is 5.69 Å². The maximum atomic E-state index is 13.3. The monoisotopic (exact) mass is 266 g/mol. The van der Waals surface area contributed by atoms with Gasteiger partial charge in [0, 0.05) is 31.4 Å². The minimum atomic E-state index is -0.653. The average molecular weight is 266 g/mol. The molecule has 1 aliphatic heterocycles. The molecule has 0 aromatic heterocycles. The highest BCUT2D eigenvalue weighted by Gasteiger charge is 2.15. The Hall–Kier alpha value is -1.13. The Balaban J connectivity index is 2.02. The molecule has 0 saturated carbocycles. The van der Waals surface area contributed by atoms with Crippen molar-refractivity contribution in [2.75, 3.05) is 38.1 Å². The SMILES string of the molecule is C[C@@H](O)c1cc(F)ccc1N(C)CCN1CCCC1. The van der Waals surface area contributed by atoms with Crippen molar-refractivity contribution in [3.05, 3.63) is 29.6 Å². The third-order valence-corrected chi connectivity index (χ3v) is 3.80. The first-order valence-corrected chi connectivity index (χ1v) is 6.99. The summed E-state index contributed by atoms with van der Waals surface area (Å²) >= 11 is 0. The van der Waals surface area contributed by atoms with Crippen LogP contribution in [0.2, 0.25) is 0 Å². The molecule has 1 aromatic rings. The molecule has 1 atom stereocenters. The summed E-state index contributed by atoms with van der Waals surface area (Å²) in [5.74, 6) is -0.299. The number of rotatable bonds is 5. The van der Waals surface area contributed by atoms with E-state index in [1.54, 1.807) is 13.0 Å². The van der Waals surface area contributed by atoms with Gasteiger partial charge in [0.2, 0.25) is 0 Å². The predicted octanol–water partition coefficient (Wildman–Crippen LogP) is 2.41. The number of aliphatic hydroxyl groups excluding tert-OH is 1. The van der Waals surface area contributed by atoms with Crippen LogP contribution in [0.5, 0.6) is 0 Å². The van der Waals surface area contributed by atoms with Gasteiger partial charge in [-0.25, -0.2) is 4.39 Å². The predicted molar refractivity (Wildman–Crippen MR) is 76.0 cm³/mol. The van der Waals surface area contributed by atoms with E-state index in [1.807, 2.05) is 7.05 Å². The van der Waals surface area contributed by atoms with Crippen LogP contribution < -0.4 is 4.90 Å². The fraction of sp³-hybridized carbons (Fsp3) is 0.600. The number of hydrogen-bond donors (Lipinski definition) is 1. The lowest BCUT2D eigenvalue weighted by Crippen LogP contribution is -2.32. The van der Waals surface area contributed by atoms with Crippen molar-refractivity contribution in [1.82, 2.24) is 4.90 Å².